The minimum absolute atomic E-state index is 0.461. The third-order valence-electron chi connectivity index (χ3n) is 3.10. The molecule has 2 rings (SSSR count). The molecule has 0 heterocycles. The van der Waals surface area contributed by atoms with Gasteiger partial charge in [0.05, 0.1) is 19.3 Å². The topological polar surface area (TPSA) is 47.6 Å². The molecule has 3 nitrogen and oxygen atoms in total. The third kappa shape index (κ3) is 3.86. The Bertz CT molecular complexity index is 356. The summed E-state index contributed by atoms with van der Waals surface area (Å²) in [7, 11) is 0. The molecular weight excluding hydrogens is 212 g/mol. The average molecular weight is 232 g/mol. The molecule has 0 spiro atoms. The van der Waals surface area contributed by atoms with Gasteiger partial charge >= 0.3 is 0 Å². The lowest BCUT2D eigenvalue weighted by atomic mass is 10.2. The summed E-state index contributed by atoms with van der Waals surface area (Å²) in [6.45, 7) is 1.33. The van der Waals surface area contributed by atoms with Gasteiger partial charge in [-0.25, -0.2) is 0 Å². The number of nitrogens with zero attached hydrogens (tertiary/aromatic N) is 1. The summed E-state index contributed by atoms with van der Waals surface area (Å²) < 4.78 is 5.73. The van der Waals surface area contributed by atoms with Crippen LogP contribution >= 0.6 is 0 Å². The van der Waals surface area contributed by atoms with E-state index >= 15 is 0 Å². The second-order valence-corrected chi connectivity index (χ2v) is 4.41. The Hall–Kier alpha value is -1.35. The van der Waals surface area contributed by atoms with Gasteiger partial charge in [0.25, 0.3) is 0 Å². The Balaban J connectivity index is 1.72. The summed E-state index contributed by atoms with van der Waals surface area (Å²) in [5, 5.41) is 0. The van der Waals surface area contributed by atoms with E-state index in [2.05, 4.69) is 4.99 Å². The molecule has 92 valence electrons. The van der Waals surface area contributed by atoms with E-state index in [-0.39, 0.29) is 0 Å². The number of nitrogens with two attached hydrogens (primary N) is 1. The molecule has 1 aliphatic rings. The summed E-state index contributed by atoms with van der Waals surface area (Å²) in [5.41, 5.74) is 6.86. The zero-order valence-corrected chi connectivity index (χ0v) is 10.1. The van der Waals surface area contributed by atoms with Crippen LogP contribution in [0.25, 0.3) is 0 Å². The summed E-state index contributed by atoms with van der Waals surface area (Å²) in [6.07, 6.45) is 5.49. The fraction of sp³-hybridized carbons (Fsp3) is 0.500. The van der Waals surface area contributed by atoms with Crippen molar-refractivity contribution in [3.63, 3.8) is 0 Å². The molecule has 2 N–H and O–H groups in total. The molecule has 17 heavy (non-hydrogen) atoms. The maximum Gasteiger partial charge on any atom is 0.125 e. The molecule has 1 aromatic carbocycles. The maximum absolute atomic E-state index is 5.88. The molecule has 3 heteroatoms. The van der Waals surface area contributed by atoms with Crippen molar-refractivity contribution >= 4 is 5.84 Å². The van der Waals surface area contributed by atoms with Gasteiger partial charge in [-0.2, -0.15) is 0 Å². The lowest BCUT2D eigenvalue weighted by Crippen LogP contribution is -2.16. The van der Waals surface area contributed by atoms with Crippen LogP contribution in [0.1, 0.15) is 31.2 Å². The highest BCUT2D eigenvalue weighted by atomic mass is 16.5. The summed E-state index contributed by atoms with van der Waals surface area (Å²) in [5.74, 6) is 0.598. The molecule has 1 saturated carbocycles. The molecule has 0 amide bonds. The van der Waals surface area contributed by atoms with Crippen molar-refractivity contribution in [1.29, 1.82) is 0 Å². The third-order valence-corrected chi connectivity index (χ3v) is 3.10. The zero-order chi connectivity index (χ0) is 11.9. The number of aliphatic imine (C=N–C) groups is 1. The van der Waals surface area contributed by atoms with Crippen LogP contribution in [0.15, 0.2) is 35.3 Å². The van der Waals surface area contributed by atoms with Crippen LogP contribution in [0.3, 0.4) is 0 Å². The van der Waals surface area contributed by atoms with Crippen molar-refractivity contribution in [2.24, 2.45) is 10.7 Å². The average Bonchev–Trinajstić information content (AvgIpc) is 2.88. The number of benzene rings is 1. The lowest BCUT2D eigenvalue weighted by Gasteiger charge is -2.09. The van der Waals surface area contributed by atoms with E-state index in [0.717, 1.165) is 5.56 Å². The first-order valence-corrected chi connectivity index (χ1v) is 6.33. The maximum atomic E-state index is 5.88. The minimum atomic E-state index is 0.461. The van der Waals surface area contributed by atoms with E-state index in [1.54, 1.807) is 0 Å². The molecule has 0 unspecified atom stereocenters. The molecular formula is C14H20N2O. The van der Waals surface area contributed by atoms with E-state index in [4.69, 9.17) is 10.5 Å². The van der Waals surface area contributed by atoms with Gasteiger partial charge < -0.3 is 10.5 Å². The normalized spacial score (nSPS) is 17.5. The summed E-state index contributed by atoms with van der Waals surface area (Å²) >= 11 is 0. The van der Waals surface area contributed by atoms with E-state index in [0.29, 0.717) is 25.1 Å². The summed E-state index contributed by atoms with van der Waals surface area (Å²) in [6, 6.07) is 9.84. The van der Waals surface area contributed by atoms with Gasteiger partial charge in [-0.05, 0) is 12.8 Å². The van der Waals surface area contributed by atoms with E-state index in [1.165, 1.54) is 25.7 Å². The first kappa shape index (κ1) is 12.1. The molecule has 0 bridgehead atoms. The molecule has 0 radical (unpaired) electrons. The van der Waals surface area contributed by atoms with Crippen LogP contribution in [0.4, 0.5) is 0 Å². The van der Waals surface area contributed by atoms with Crippen LogP contribution in [0.5, 0.6) is 0 Å². The first-order chi connectivity index (χ1) is 8.36. The van der Waals surface area contributed by atoms with E-state index in [9.17, 15) is 0 Å². The van der Waals surface area contributed by atoms with Crippen LogP contribution in [-0.2, 0) is 4.74 Å². The Labute approximate surface area is 103 Å². The van der Waals surface area contributed by atoms with E-state index in [1.807, 2.05) is 30.3 Å². The molecule has 0 aliphatic heterocycles. The van der Waals surface area contributed by atoms with Crippen molar-refractivity contribution in [3.05, 3.63) is 35.9 Å². The Morgan fingerprint density at radius 2 is 1.94 bits per heavy atom. The van der Waals surface area contributed by atoms with Crippen LogP contribution in [-0.4, -0.2) is 25.1 Å². The molecule has 0 atom stereocenters. The van der Waals surface area contributed by atoms with Gasteiger partial charge in [0, 0.05) is 5.56 Å². The lowest BCUT2D eigenvalue weighted by molar-refractivity contribution is 0.0644. The Morgan fingerprint density at radius 3 is 2.65 bits per heavy atom. The fourth-order valence-electron chi connectivity index (χ4n) is 2.14. The number of rotatable bonds is 5. The Kier molecular flexibility index (Phi) is 4.56. The monoisotopic (exact) mass is 232 g/mol. The van der Waals surface area contributed by atoms with Crippen molar-refractivity contribution in [2.45, 2.75) is 31.8 Å². The standard InChI is InChI=1S/C14H20N2O/c15-14(12-6-2-1-3-7-12)16-10-11-17-13-8-4-5-9-13/h1-3,6-7,13H,4-5,8-11H2,(H2,15,16). The van der Waals surface area contributed by atoms with Crippen LogP contribution < -0.4 is 5.73 Å². The van der Waals surface area contributed by atoms with Gasteiger partial charge in [-0.3, -0.25) is 4.99 Å². The number of amidine groups is 1. The van der Waals surface area contributed by atoms with Crippen LogP contribution in [0, 0.1) is 0 Å². The molecule has 1 aromatic rings. The van der Waals surface area contributed by atoms with Gasteiger partial charge in [0.2, 0.25) is 0 Å². The highest BCUT2D eigenvalue weighted by Crippen LogP contribution is 2.20. The largest absolute Gasteiger partial charge is 0.384 e. The SMILES string of the molecule is NC(=NCCOC1CCCC1)c1ccccc1. The predicted molar refractivity (Wildman–Crippen MR) is 70.2 cm³/mol. The molecule has 1 fully saturated rings. The summed E-state index contributed by atoms with van der Waals surface area (Å²) in [4.78, 5) is 4.32. The van der Waals surface area contributed by atoms with Crippen LogP contribution in [0.2, 0.25) is 0 Å². The number of hydrogen-bond acceptors (Lipinski definition) is 2. The Morgan fingerprint density at radius 1 is 1.24 bits per heavy atom. The second-order valence-electron chi connectivity index (χ2n) is 4.41. The number of ether oxygens (including phenoxy) is 1. The van der Waals surface area contributed by atoms with Crippen molar-refractivity contribution in [2.75, 3.05) is 13.2 Å². The quantitative estimate of drug-likeness (QED) is 0.481. The molecule has 1 aliphatic carbocycles. The van der Waals surface area contributed by atoms with Crippen molar-refractivity contribution < 1.29 is 4.74 Å². The molecule has 0 aromatic heterocycles. The van der Waals surface area contributed by atoms with E-state index < -0.39 is 0 Å². The minimum Gasteiger partial charge on any atom is -0.384 e. The highest BCUT2D eigenvalue weighted by molar-refractivity contribution is 5.97. The fourth-order valence-corrected chi connectivity index (χ4v) is 2.14. The smallest absolute Gasteiger partial charge is 0.125 e. The van der Waals surface area contributed by atoms with Crippen molar-refractivity contribution in [1.82, 2.24) is 0 Å². The predicted octanol–water partition coefficient (Wildman–Crippen LogP) is 2.35. The zero-order valence-electron chi connectivity index (χ0n) is 10.1. The van der Waals surface area contributed by atoms with Gasteiger partial charge in [-0.15, -0.1) is 0 Å². The van der Waals surface area contributed by atoms with Gasteiger partial charge in [0.15, 0.2) is 0 Å². The highest BCUT2D eigenvalue weighted by Gasteiger charge is 2.14. The van der Waals surface area contributed by atoms with Gasteiger partial charge in [0.1, 0.15) is 5.84 Å². The van der Waals surface area contributed by atoms with Crippen molar-refractivity contribution in [3.8, 4) is 0 Å². The number of hydrogen-bond donors (Lipinski definition) is 1. The van der Waals surface area contributed by atoms with Gasteiger partial charge in [-0.1, -0.05) is 43.2 Å². The molecule has 0 saturated heterocycles. The second kappa shape index (κ2) is 6.40. The first-order valence-electron chi connectivity index (χ1n) is 6.33.